The monoisotopic (exact) mass is 349 g/mol. The molecular weight excluding hydrogens is 326 g/mol. The number of anilines is 3. The van der Waals surface area contributed by atoms with Gasteiger partial charge in [0.25, 0.3) is 0 Å². The summed E-state index contributed by atoms with van der Waals surface area (Å²) < 4.78 is 0. The van der Waals surface area contributed by atoms with Gasteiger partial charge in [-0.15, -0.1) is 6.42 Å². The van der Waals surface area contributed by atoms with Crippen LogP contribution >= 0.6 is 0 Å². The highest BCUT2D eigenvalue weighted by atomic mass is 16.1. The topological polar surface area (TPSA) is 78.9 Å². The maximum atomic E-state index is 11.2. The van der Waals surface area contributed by atoms with Crippen LogP contribution in [0.2, 0.25) is 0 Å². The number of aromatic nitrogens is 2. The standard InChI is InChI=1S/C20H23N5O/c1-3-15-5-4-6-18(11-15)25-20-12-19(21-13-22-20)24-17-9-7-16(8-10-17)23-14(2)26/h1,4-6,11-13,16-17H,7-10H2,2H3,(H,23,26)(H2,21,22,24,25). The molecule has 0 spiro atoms. The van der Waals surface area contributed by atoms with Crippen molar-refractivity contribution in [2.75, 3.05) is 10.6 Å². The molecule has 6 nitrogen and oxygen atoms in total. The Morgan fingerprint density at radius 1 is 1.12 bits per heavy atom. The van der Waals surface area contributed by atoms with Gasteiger partial charge in [0.15, 0.2) is 0 Å². The Morgan fingerprint density at radius 3 is 2.58 bits per heavy atom. The van der Waals surface area contributed by atoms with Crippen LogP contribution in [0.15, 0.2) is 36.7 Å². The van der Waals surface area contributed by atoms with Crippen LogP contribution < -0.4 is 16.0 Å². The molecule has 2 aromatic rings. The Kier molecular flexibility index (Phi) is 5.69. The number of hydrogen-bond acceptors (Lipinski definition) is 5. The second-order valence-corrected chi connectivity index (χ2v) is 6.53. The van der Waals surface area contributed by atoms with Crippen molar-refractivity contribution in [3.8, 4) is 12.3 Å². The third-order valence-corrected chi connectivity index (χ3v) is 4.46. The van der Waals surface area contributed by atoms with Crippen molar-refractivity contribution >= 4 is 23.2 Å². The molecular formula is C20H23N5O. The third-order valence-electron chi connectivity index (χ3n) is 4.46. The van der Waals surface area contributed by atoms with Gasteiger partial charge in [0.1, 0.15) is 18.0 Å². The van der Waals surface area contributed by atoms with E-state index >= 15 is 0 Å². The van der Waals surface area contributed by atoms with Crippen LogP contribution in [0.1, 0.15) is 38.2 Å². The van der Waals surface area contributed by atoms with Gasteiger partial charge < -0.3 is 16.0 Å². The van der Waals surface area contributed by atoms with Crippen molar-refractivity contribution in [3.63, 3.8) is 0 Å². The van der Waals surface area contributed by atoms with Gasteiger partial charge in [-0.3, -0.25) is 4.79 Å². The van der Waals surface area contributed by atoms with Gasteiger partial charge >= 0.3 is 0 Å². The van der Waals surface area contributed by atoms with Gasteiger partial charge in [-0.05, 0) is 43.9 Å². The fraction of sp³-hybridized carbons (Fsp3) is 0.350. The molecule has 1 saturated carbocycles. The molecule has 3 rings (SSSR count). The molecule has 3 N–H and O–H groups in total. The van der Waals surface area contributed by atoms with Crippen LogP contribution in [0.25, 0.3) is 0 Å². The lowest BCUT2D eigenvalue weighted by Crippen LogP contribution is -2.39. The lowest BCUT2D eigenvalue weighted by molar-refractivity contribution is -0.119. The molecule has 134 valence electrons. The zero-order valence-electron chi connectivity index (χ0n) is 14.8. The first-order chi connectivity index (χ1) is 12.6. The summed E-state index contributed by atoms with van der Waals surface area (Å²) in [5.41, 5.74) is 1.71. The SMILES string of the molecule is C#Cc1cccc(Nc2cc(NC3CCC(NC(C)=O)CC3)ncn2)c1. The minimum atomic E-state index is 0.0434. The molecule has 26 heavy (non-hydrogen) atoms. The predicted octanol–water partition coefficient (Wildman–Crippen LogP) is 3.06. The van der Waals surface area contributed by atoms with E-state index in [1.54, 1.807) is 13.3 Å². The molecule has 0 bridgehead atoms. The fourth-order valence-electron chi connectivity index (χ4n) is 3.22. The molecule has 1 aromatic carbocycles. The number of carbonyl (C=O) groups excluding carboxylic acids is 1. The quantitative estimate of drug-likeness (QED) is 0.723. The molecule has 1 heterocycles. The van der Waals surface area contributed by atoms with Crippen LogP contribution in [0.4, 0.5) is 17.3 Å². The van der Waals surface area contributed by atoms with Crippen molar-refractivity contribution < 1.29 is 4.79 Å². The summed E-state index contributed by atoms with van der Waals surface area (Å²) in [4.78, 5) is 19.7. The van der Waals surface area contributed by atoms with Crippen molar-refractivity contribution in [2.24, 2.45) is 0 Å². The van der Waals surface area contributed by atoms with E-state index in [1.807, 2.05) is 30.3 Å². The van der Waals surface area contributed by atoms with E-state index in [2.05, 4.69) is 31.8 Å². The molecule has 0 radical (unpaired) electrons. The van der Waals surface area contributed by atoms with Gasteiger partial charge in [0.2, 0.25) is 5.91 Å². The number of hydrogen-bond donors (Lipinski definition) is 3. The maximum absolute atomic E-state index is 11.2. The van der Waals surface area contributed by atoms with Crippen LogP contribution in [0, 0.1) is 12.3 Å². The van der Waals surface area contributed by atoms with E-state index in [0.29, 0.717) is 11.9 Å². The number of carbonyl (C=O) groups is 1. The van der Waals surface area contributed by atoms with Gasteiger partial charge in [-0.2, -0.15) is 0 Å². The second-order valence-electron chi connectivity index (χ2n) is 6.53. The lowest BCUT2D eigenvalue weighted by Gasteiger charge is -2.29. The maximum Gasteiger partial charge on any atom is 0.217 e. The molecule has 0 unspecified atom stereocenters. The van der Waals surface area contributed by atoms with Crippen molar-refractivity contribution in [1.29, 1.82) is 0 Å². The summed E-state index contributed by atoms with van der Waals surface area (Å²) in [6, 6.07) is 10.2. The number of benzene rings is 1. The highest BCUT2D eigenvalue weighted by molar-refractivity contribution is 5.73. The first kappa shape index (κ1) is 17.7. The number of rotatable bonds is 5. The number of nitrogens with zero attached hydrogens (tertiary/aromatic N) is 2. The van der Waals surface area contributed by atoms with Crippen LogP contribution in [-0.4, -0.2) is 28.0 Å². The van der Waals surface area contributed by atoms with E-state index in [0.717, 1.165) is 42.8 Å². The van der Waals surface area contributed by atoms with Crippen LogP contribution in [0.5, 0.6) is 0 Å². The van der Waals surface area contributed by atoms with Crippen molar-refractivity contribution in [1.82, 2.24) is 15.3 Å². The Hall–Kier alpha value is -3.07. The molecule has 0 atom stereocenters. The van der Waals surface area contributed by atoms with E-state index < -0.39 is 0 Å². The second kappa shape index (κ2) is 8.34. The van der Waals surface area contributed by atoms with E-state index in [1.165, 1.54) is 0 Å². The van der Waals surface area contributed by atoms with Crippen molar-refractivity contribution in [3.05, 3.63) is 42.2 Å². The van der Waals surface area contributed by atoms with E-state index in [9.17, 15) is 4.79 Å². The Labute approximate surface area is 153 Å². The zero-order valence-corrected chi connectivity index (χ0v) is 14.8. The average Bonchev–Trinajstić information content (AvgIpc) is 2.63. The lowest BCUT2D eigenvalue weighted by atomic mass is 9.91. The number of amides is 1. The average molecular weight is 349 g/mol. The summed E-state index contributed by atoms with van der Waals surface area (Å²) in [5.74, 6) is 4.17. The van der Waals surface area contributed by atoms with Crippen molar-refractivity contribution in [2.45, 2.75) is 44.7 Å². The highest BCUT2D eigenvalue weighted by Gasteiger charge is 2.21. The van der Waals surface area contributed by atoms with Crippen LogP contribution in [0.3, 0.4) is 0 Å². The molecule has 1 aliphatic rings. The Balaban J connectivity index is 1.58. The number of terminal acetylenes is 1. The van der Waals surface area contributed by atoms with Gasteiger partial charge in [-0.1, -0.05) is 12.0 Å². The largest absolute Gasteiger partial charge is 0.367 e. The summed E-state index contributed by atoms with van der Waals surface area (Å²) in [7, 11) is 0. The molecule has 1 aliphatic carbocycles. The Morgan fingerprint density at radius 2 is 1.85 bits per heavy atom. The zero-order chi connectivity index (χ0) is 18.4. The molecule has 6 heteroatoms. The molecule has 1 amide bonds. The summed E-state index contributed by atoms with van der Waals surface area (Å²) in [5, 5.41) is 9.71. The smallest absolute Gasteiger partial charge is 0.217 e. The van der Waals surface area contributed by atoms with E-state index in [-0.39, 0.29) is 11.9 Å². The van der Waals surface area contributed by atoms with Gasteiger partial charge in [-0.25, -0.2) is 9.97 Å². The summed E-state index contributed by atoms with van der Waals surface area (Å²) >= 11 is 0. The minimum absolute atomic E-state index is 0.0434. The fourth-order valence-corrected chi connectivity index (χ4v) is 3.22. The first-order valence-electron chi connectivity index (χ1n) is 8.82. The molecule has 1 fully saturated rings. The van der Waals surface area contributed by atoms with Crippen LogP contribution in [-0.2, 0) is 4.79 Å². The van der Waals surface area contributed by atoms with E-state index in [4.69, 9.17) is 6.42 Å². The Bertz CT molecular complexity index is 806. The summed E-state index contributed by atoms with van der Waals surface area (Å²) in [6.07, 6.45) is 10.9. The number of nitrogens with one attached hydrogen (secondary N) is 3. The molecule has 1 aromatic heterocycles. The predicted molar refractivity (Wildman–Crippen MR) is 103 cm³/mol. The third kappa shape index (κ3) is 4.96. The normalized spacial score (nSPS) is 19.2. The van der Waals surface area contributed by atoms with Gasteiger partial charge in [0.05, 0.1) is 0 Å². The summed E-state index contributed by atoms with van der Waals surface area (Å²) in [6.45, 7) is 1.57. The highest BCUT2D eigenvalue weighted by Crippen LogP contribution is 2.23. The molecule has 0 aliphatic heterocycles. The first-order valence-corrected chi connectivity index (χ1v) is 8.82. The molecule has 0 saturated heterocycles. The van der Waals surface area contributed by atoms with Gasteiger partial charge in [0, 0.05) is 36.3 Å². The minimum Gasteiger partial charge on any atom is -0.367 e.